The van der Waals surface area contributed by atoms with E-state index in [1.165, 1.54) is 32.1 Å². The number of aliphatic hydroxyl groups is 1. The molecule has 0 spiro atoms. The van der Waals surface area contributed by atoms with E-state index in [1.54, 1.807) is 0 Å². The lowest BCUT2D eigenvalue weighted by Gasteiger charge is -2.40. The summed E-state index contributed by atoms with van der Waals surface area (Å²) in [6, 6.07) is 0.676. The van der Waals surface area contributed by atoms with Crippen molar-refractivity contribution in [3.63, 3.8) is 0 Å². The molecule has 1 rings (SSSR count). The fraction of sp³-hybridized carbons (Fsp3) is 1.00. The van der Waals surface area contributed by atoms with Gasteiger partial charge in [-0.15, -0.1) is 0 Å². The molecule has 1 fully saturated rings. The first-order chi connectivity index (χ1) is 7.65. The van der Waals surface area contributed by atoms with Crippen molar-refractivity contribution in [1.29, 1.82) is 0 Å². The predicted octanol–water partition coefficient (Wildman–Crippen LogP) is 3.10. The normalized spacial score (nSPS) is 30.0. The van der Waals surface area contributed by atoms with E-state index in [2.05, 4.69) is 26.1 Å². The first-order valence-corrected chi connectivity index (χ1v) is 7.03. The molecule has 0 aliphatic heterocycles. The van der Waals surface area contributed by atoms with Gasteiger partial charge in [0.15, 0.2) is 0 Å². The van der Waals surface area contributed by atoms with Gasteiger partial charge in [0.05, 0.1) is 0 Å². The standard InChI is InChI=1S/C14H29NO/c1-4-12-8-6-7-9-13(12)15-14(3,5-2)10-11-16/h12-13,15-16H,4-11H2,1-3H3. The van der Waals surface area contributed by atoms with Crippen molar-refractivity contribution in [1.82, 2.24) is 5.32 Å². The minimum atomic E-state index is 0.129. The van der Waals surface area contributed by atoms with Crippen LogP contribution in [0.5, 0.6) is 0 Å². The quantitative estimate of drug-likeness (QED) is 0.731. The number of nitrogens with one attached hydrogen (secondary N) is 1. The van der Waals surface area contributed by atoms with Crippen LogP contribution < -0.4 is 5.32 Å². The highest BCUT2D eigenvalue weighted by Gasteiger charge is 2.30. The van der Waals surface area contributed by atoms with Crippen LogP contribution in [0.4, 0.5) is 0 Å². The highest BCUT2D eigenvalue weighted by Crippen LogP contribution is 2.29. The molecule has 0 aromatic heterocycles. The summed E-state index contributed by atoms with van der Waals surface area (Å²) in [5, 5.41) is 13.0. The van der Waals surface area contributed by atoms with Crippen molar-refractivity contribution < 1.29 is 5.11 Å². The molecule has 2 nitrogen and oxygen atoms in total. The monoisotopic (exact) mass is 227 g/mol. The predicted molar refractivity (Wildman–Crippen MR) is 69.6 cm³/mol. The van der Waals surface area contributed by atoms with Crippen molar-refractivity contribution in [3.05, 3.63) is 0 Å². The second kappa shape index (κ2) is 6.61. The lowest BCUT2D eigenvalue weighted by molar-refractivity contribution is 0.159. The van der Waals surface area contributed by atoms with Gasteiger partial charge in [0, 0.05) is 18.2 Å². The van der Waals surface area contributed by atoms with Crippen LogP contribution in [0.25, 0.3) is 0 Å². The Bertz CT molecular complexity index is 195. The van der Waals surface area contributed by atoms with Gasteiger partial charge in [0.1, 0.15) is 0 Å². The number of rotatable bonds is 6. The summed E-state index contributed by atoms with van der Waals surface area (Å²) in [7, 11) is 0. The molecule has 1 saturated carbocycles. The maximum atomic E-state index is 9.15. The molecule has 2 N–H and O–H groups in total. The fourth-order valence-electron chi connectivity index (χ4n) is 2.93. The van der Waals surface area contributed by atoms with Crippen molar-refractivity contribution >= 4 is 0 Å². The Hall–Kier alpha value is -0.0800. The molecule has 0 aromatic rings. The minimum absolute atomic E-state index is 0.129. The zero-order valence-electron chi connectivity index (χ0n) is 11.3. The molecule has 3 atom stereocenters. The zero-order valence-corrected chi connectivity index (χ0v) is 11.3. The summed E-state index contributed by atoms with van der Waals surface area (Å²) in [5.74, 6) is 0.846. The van der Waals surface area contributed by atoms with Gasteiger partial charge in [-0.1, -0.05) is 33.1 Å². The molecular formula is C14H29NO. The average Bonchev–Trinajstić information content (AvgIpc) is 2.30. The van der Waals surface area contributed by atoms with Crippen LogP contribution >= 0.6 is 0 Å². The molecule has 0 heterocycles. The summed E-state index contributed by atoms with van der Waals surface area (Å²) in [5.41, 5.74) is 0.129. The Balaban J connectivity index is 2.54. The van der Waals surface area contributed by atoms with Gasteiger partial charge in [0.25, 0.3) is 0 Å². The molecule has 3 unspecified atom stereocenters. The second-order valence-corrected chi connectivity index (χ2v) is 5.59. The van der Waals surface area contributed by atoms with Crippen molar-refractivity contribution in [2.45, 2.75) is 77.3 Å². The second-order valence-electron chi connectivity index (χ2n) is 5.59. The van der Waals surface area contributed by atoms with Gasteiger partial charge in [-0.3, -0.25) is 0 Å². The van der Waals surface area contributed by atoms with Gasteiger partial charge in [-0.05, 0) is 38.5 Å². The third kappa shape index (κ3) is 3.74. The van der Waals surface area contributed by atoms with Crippen LogP contribution in [0.1, 0.15) is 65.7 Å². The van der Waals surface area contributed by atoms with Crippen molar-refractivity contribution in [2.24, 2.45) is 5.92 Å². The van der Waals surface area contributed by atoms with E-state index in [9.17, 15) is 0 Å². The zero-order chi connectivity index (χ0) is 12.0. The average molecular weight is 227 g/mol. The summed E-state index contributed by atoms with van der Waals surface area (Å²) >= 11 is 0. The molecule has 16 heavy (non-hydrogen) atoms. The number of hydrogen-bond acceptors (Lipinski definition) is 2. The fourth-order valence-corrected chi connectivity index (χ4v) is 2.93. The summed E-state index contributed by atoms with van der Waals surface area (Å²) in [6.07, 6.45) is 8.73. The van der Waals surface area contributed by atoms with E-state index >= 15 is 0 Å². The molecule has 0 bridgehead atoms. The van der Waals surface area contributed by atoms with Crippen LogP contribution in [-0.2, 0) is 0 Å². The van der Waals surface area contributed by atoms with E-state index in [-0.39, 0.29) is 5.54 Å². The molecule has 0 radical (unpaired) electrons. The maximum Gasteiger partial charge on any atom is 0.0448 e. The van der Waals surface area contributed by atoms with Crippen LogP contribution in [-0.4, -0.2) is 23.3 Å². The van der Waals surface area contributed by atoms with Crippen molar-refractivity contribution in [2.75, 3.05) is 6.61 Å². The molecular weight excluding hydrogens is 198 g/mol. The highest BCUT2D eigenvalue weighted by atomic mass is 16.3. The molecule has 1 aliphatic rings. The molecule has 0 aromatic carbocycles. The van der Waals surface area contributed by atoms with E-state index in [1.807, 2.05) is 0 Å². The third-order valence-corrected chi connectivity index (χ3v) is 4.41. The number of hydrogen-bond donors (Lipinski definition) is 2. The smallest absolute Gasteiger partial charge is 0.0448 e. The van der Waals surface area contributed by atoms with Gasteiger partial charge in [-0.25, -0.2) is 0 Å². The lowest BCUT2D eigenvalue weighted by Crippen LogP contribution is -2.51. The van der Waals surface area contributed by atoms with Gasteiger partial charge < -0.3 is 10.4 Å². The molecule has 0 saturated heterocycles. The van der Waals surface area contributed by atoms with E-state index in [0.717, 1.165) is 18.8 Å². The van der Waals surface area contributed by atoms with E-state index in [0.29, 0.717) is 12.6 Å². The van der Waals surface area contributed by atoms with Crippen molar-refractivity contribution in [3.8, 4) is 0 Å². The van der Waals surface area contributed by atoms with Crippen LogP contribution in [0, 0.1) is 5.92 Å². The Labute approximate surface area is 101 Å². The maximum absolute atomic E-state index is 9.15. The number of aliphatic hydroxyl groups excluding tert-OH is 1. The lowest BCUT2D eigenvalue weighted by atomic mass is 9.80. The summed E-state index contributed by atoms with van der Waals surface area (Å²) in [6.45, 7) is 7.07. The topological polar surface area (TPSA) is 32.3 Å². The Kier molecular flexibility index (Phi) is 5.77. The molecule has 0 amide bonds. The molecule has 1 aliphatic carbocycles. The Morgan fingerprint density at radius 2 is 1.94 bits per heavy atom. The molecule has 2 heteroatoms. The summed E-state index contributed by atoms with van der Waals surface area (Å²) in [4.78, 5) is 0. The molecule has 96 valence electrons. The Morgan fingerprint density at radius 1 is 1.25 bits per heavy atom. The minimum Gasteiger partial charge on any atom is -0.396 e. The SMILES string of the molecule is CCC1CCCCC1NC(C)(CC)CCO. The first-order valence-electron chi connectivity index (χ1n) is 7.03. The van der Waals surface area contributed by atoms with Crippen LogP contribution in [0.3, 0.4) is 0 Å². The third-order valence-electron chi connectivity index (χ3n) is 4.41. The summed E-state index contributed by atoms with van der Waals surface area (Å²) < 4.78 is 0. The highest BCUT2D eigenvalue weighted by molar-refractivity contribution is 4.89. The van der Waals surface area contributed by atoms with Gasteiger partial charge >= 0.3 is 0 Å². The van der Waals surface area contributed by atoms with Crippen LogP contribution in [0.15, 0.2) is 0 Å². The largest absolute Gasteiger partial charge is 0.396 e. The Morgan fingerprint density at radius 3 is 2.50 bits per heavy atom. The van der Waals surface area contributed by atoms with Crippen LogP contribution in [0.2, 0.25) is 0 Å². The van der Waals surface area contributed by atoms with E-state index < -0.39 is 0 Å². The first kappa shape index (κ1) is 14.0. The van der Waals surface area contributed by atoms with E-state index in [4.69, 9.17) is 5.11 Å². The van der Waals surface area contributed by atoms with Gasteiger partial charge in [-0.2, -0.15) is 0 Å². The van der Waals surface area contributed by atoms with Gasteiger partial charge in [0.2, 0.25) is 0 Å².